The van der Waals surface area contributed by atoms with Crippen LogP contribution in [0.3, 0.4) is 0 Å². The summed E-state index contributed by atoms with van der Waals surface area (Å²) in [6, 6.07) is 9.66. The Balaban J connectivity index is 1.80. The maximum atomic E-state index is 13.0. The molecule has 0 saturated carbocycles. The highest BCUT2D eigenvalue weighted by Crippen LogP contribution is 2.18. The molecular formula is C16H15FN4OS. The quantitative estimate of drug-likeness (QED) is 0.799. The zero-order valence-electron chi connectivity index (χ0n) is 12.7. The van der Waals surface area contributed by atoms with E-state index in [0.717, 1.165) is 4.88 Å². The van der Waals surface area contributed by atoms with Crippen LogP contribution < -0.4 is 5.32 Å². The first-order chi connectivity index (χ1) is 11.0. The van der Waals surface area contributed by atoms with E-state index in [1.165, 1.54) is 16.8 Å². The first-order valence-corrected chi connectivity index (χ1v) is 7.96. The van der Waals surface area contributed by atoms with Gasteiger partial charge in [-0.2, -0.15) is 0 Å². The predicted octanol–water partition coefficient (Wildman–Crippen LogP) is 3.27. The van der Waals surface area contributed by atoms with E-state index < -0.39 is 0 Å². The van der Waals surface area contributed by atoms with E-state index >= 15 is 0 Å². The number of carbonyl (C=O) groups is 1. The minimum atomic E-state index is -0.338. The zero-order chi connectivity index (χ0) is 16.4. The summed E-state index contributed by atoms with van der Waals surface area (Å²) in [6.45, 7) is 3.66. The van der Waals surface area contributed by atoms with E-state index in [9.17, 15) is 9.18 Å². The maximum Gasteiger partial charge on any atom is 0.291 e. The van der Waals surface area contributed by atoms with Crippen molar-refractivity contribution in [3.8, 4) is 5.69 Å². The topological polar surface area (TPSA) is 59.8 Å². The van der Waals surface area contributed by atoms with Crippen LogP contribution >= 0.6 is 11.3 Å². The average Bonchev–Trinajstić information content (AvgIpc) is 3.17. The van der Waals surface area contributed by atoms with Gasteiger partial charge in [0.25, 0.3) is 5.91 Å². The molecule has 23 heavy (non-hydrogen) atoms. The molecule has 0 saturated heterocycles. The number of hydrogen-bond acceptors (Lipinski definition) is 4. The van der Waals surface area contributed by atoms with Crippen LogP contribution in [0.1, 0.15) is 34.3 Å². The lowest BCUT2D eigenvalue weighted by Gasteiger charge is -2.10. The van der Waals surface area contributed by atoms with Crippen LogP contribution in [0.5, 0.6) is 0 Å². The summed E-state index contributed by atoms with van der Waals surface area (Å²) < 4.78 is 14.5. The number of nitrogens with zero attached hydrogens (tertiary/aromatic N) is 3. The van der Waals surface area contributed by atoms with Gasteiger partial charge in [0.05, 0.1) is 11.7 Å². The van der Waals surface area contributed by atoms with Crippen LogP contribution in [0.25, 0.3) is 5.69 Å². The highest BCUT2D eigenvalue weighted by molar-refractivity contribution is 7.10. The molecule has 0 radical (unpaired) electrons. The van der Waals surface area contributed by atoms with Gasteiger partial charge in [-0.05, 0) is 49.6 Å². The molecule has 3 rings (SSSR count). The van der Waals surface area contributed by atoms with Gasteiger partial charge in [-0.1, -0.05) is 6.07 Å². The predicted molar refractivity (Wildman–Crippen MR) is 86.3 cm³/mol. The summed E-state index contributed by atoms with van der Waals surface area (Å²) in [4.78, 5) is 17.6. The van der Waals surface area contributed by atoms with Crippen LogP contribution in [0.2, 0.25) is 0 Å². The summed E-state index contributed by atoms with van der Waals surface area (Å²) in [5.41, 5.74) is 0.654. The van der Waals surface area contributed by atoms with Gasteiger partial charge >= 0.3 is 0 Å². The van der Waals surface area contributed by atoms with Crippen molar-refractivity contribution in [2.24, 2.45) is 0 Å². The molecule has 7 heteroatoms. The van der Waals surface area contributed by atoms with Crippen molar-refractivity contribution in [3.05, 3.63) is 64.1 Å². The molecule has 1 aromatic carbocycles. The lowest BCUT2D eigenvalue weighted by molar-refractivity contribution is 0.0930. The third kappa shape index (κ3) is 3.29. The van der Waals surface area contributed by atoms with Gasteiger partial charge < -0.3 is 5.32 Å². The smallest absolute Gasteiger partial charge is 0.291 e. The molecule has 1 atom stereocenters. The van der Waals surface area contributed by atoms with Gasteiger partial charge in [0.15, 0.2) is 0 Å². The normalized spacial score (nSPS) is 12.1. The Hall–Kier alpha value is -2.54. The molecule has 0 aliphatic heterocycles. The Bertz CT molecular complexity index is 811. The van der Waals surface area contributed by atoms with Crippen molar-refractivity contribution in [2.75, 3.05) is 0 Å². The largest absolute Gasteiger partial charge is 0.342 e. The minimum absolute atomic E-state index is 0.0928. The highest BCUT2D eigenvalue weighted by atomic mass is 32.1. The molecule has 2 heterocycles. The fourth-order valence-electron chi connectivity index (χ4n) is 2.18. The Morgan fingerprint density at radius 1 is 1.30 bits per heavy atom. The second kappa shape index (κ2) is 6.29. The molecule has 0 aliphatic carbocycles. The maximum absolute atomic E-state index is 13.0. The van der Waals surface area contributed by atoms with Crippen molar-refractivity contribution in [2.45, 2.75) is 19.9 Å². The fraction of sp³-hybridized carbons (Fsp3) is 0.188. The van der Waals surface area contributed by atoms with Gasteiger partial charge in [-0.3, -0.25) is 4.79 Å². The van der Waals surface area contributed by atoms with Crippen LogP contribution in [0.15, 0.2) is 41.8 Å². The number of amides is 1. The van der Waals surface area contributed by atoms with Crippen LogP contribution in [0.4, 0.5) is 4.39 Å². The Labute approximate surface area is 136 Å². The van der Waals surface area contributed by atoms with Crippen LogP contribution in [-0.2, 0) is 0 Å². The van der Waals surface area contributed by atoms with E-state index in [1.807, 2.05) is 24.4 Å². The van der Waals surface area contributed by atoms with Crippen LogP contribution in [-0.4, -0.2) is 20.7 Å². The number of hydrogen-bond donors (Lipinski definition) is 1. The third-order valence-electron chi connectivity index (χ3n) is 3.36. The first kappa shape index (κ1) is 15.4. The lowest BCUT2D eigenvalue weighted by Crippen LogP contribution is -2.27. The lowest BCUT2D eigenvalue weighted by atomic mass is 10.3. The summed E-state index contributed by atoms with van der Waals surface area (Å²) >= 11 is 1.58. The number of rotatable bonds is 4. The van der Waals surface area contributed by atoms with Gasteiger partial charge in [-0.25, -0.2) is 14.1 Å². The number of thiophene rings is 1. The van der Waals surface area contributed by atoms with Gasteiger partial charge in [-0.15, -0.1) is 16.4 Å². The Morgan fingerprint density at radius 3 is 2.70 bits per heavy atom. The van der Waals surface area contributed by atoms with Crippen LogP contribution in [0, 0.1) is 12.7 Å². The number of aromatic nitrogens is 3. The van der Waals surface area contributed by atoms with Crippen molar-refractivity contribution >= 4 is 17.2 Å². The number of nitrogens with one attached hydrogen (secondary N) is 1. The monoisotopic (exact) mass is 330 g/mol. The molecule has 1 N–H and O–H groups in total. The number of aryl methyl sites for hydroxylation is 1. The molecule has 0 aliphatic rings. The second-order valence-electron chi connectivity index (χ2n) is 5.08. The minimum Gasteiger partial charge on any atom is -0.342 e. The van der Waals surface area contributed by atoms with E-state index in [4.69, 9.17) is 0 Å². The van der Waals surface area contributed by atoms with Gasteiger partial charge in [0.2, 0.25) is 5.82 Å². The van der Waals surface area contributed by atoms with Crippen molar-refractivity contribution in [1.29, 1.82) is 0 Å². The number of halogens is 1. The van der Waals surface area contributed by atoms with Gasteiger partial charge in [0, 0.05) is 4.88 Å². The molecule has 0 fully saturated rings. The second-order valence-corrected chi connectivity index (χ2v) is 6.06. The zero-order valence-corrected chi connectivity index (χ0v) is 13.5. The molecule has 5 nitrogen and oxygen atoms in total. The van der Waals surface area contributed by atoms with Crippen molar-refractivity contribution in [1.82, 2.24) is 20.1 Å². The third-order valence-corrected chi connectivity index (χ3v) is 4.42. The van der Waals surface area contributed by atoms with E-state index in [2.05, 4.69) is 15.4 Å². The molecule has 118 valence electrons. The Kier molecular flexibility index (Phi) is 4.20. The van der Waals surface area contributed by atoms with E-state index in [0.29, 0.717) is 11.5 Å². The molecule has 3 aromatic rings. The number of carbonyl (C=O) groups excluding carboxylic acids is 1. The summed E-state index contributed by atoms with van der Waals surface area (Å²) in [5.74, 6) is -0.00937. The average molecular weight is 330 g/mol. The molecule has 1 amide bonds. The molecule has 2 aromatic heterocycles. The molecule has 0 bridgehead atoms. The first-order valence-electron chi connectivity index (χ1n) is 7.08. The standard InChI is InChI=1S/C16H15FN4OS/c1-10(14-4-3-9-23-14)18-16(22)15-19-11(2)21(20-15)13-7-5-12(17)6-8-13/h3-10H,1-2H3,(H,18,22). The summed E-state index contributed by atoms with van der Waals surface area (Å²) in [6.07, 6.45) is 0. The van der Waals surface area contributed by atoms with E-state index in [-0.39, 0.29) is 23.6 Å². The molecule has 1 unspecified atom stereocenters. The number of benzene rings is 1. The molecular weight excluding hydrogens is 315 g/mol. The fourth-order valence-corrected chi connectivity index (χ4v) is 2.92. The summed E-state index contributed by atoms with van der Waals surface area (Å²) in [7, 11) is 0. The van der Waals surface area contributed by atoms with Gasteiger partial charge in [0.1, 0.15) is 11.6 Å². The van der Waals surface area contributed by atoms with E-state index in [1.54, 1.807) is 30.4 Å². The molecule has 0 spiro atoms. The Morgan fingerprint density at radius 2 is 2.04 bits per heavy atom. The van der Waals surface area contributed by atoms with Crippen molar-refractivity contribution in [3.63, 3.8) is 0 Å². The SMILES string of the molecule is Cc1nc(C(=O)NC(C)c2cccs2)nn1-c1ccc(F)cc1. The highest BCUT2D eigenvalue weighted by Gasteiger charge is 2.18. The summed E-state index contributed by atoms with van der Waals surface area (Å²) in [5, 5.41) is 9.05. The van der Waals surface area contributed by atoms with Crippen molar-refractivity contribution < 1.29 is 9.18 Å².